The number of hydrogen-bond donors (Lipinski definition) is 1. The van der Waals surface area contributed by atoms with Crippen LogP contribution in [0.1, 0.15) is 12.2 Å². The number of rotatable bonds is 4. The van der Waals surface area contributed by atoms with Gasteiger partial charge in [0.1, 0.15) is 11.6 Å². The molecule has 1 aromatic heterocycles. The highest BCUT2D eigenvalue weighted by Gasteiger charge is 2.13. The predicted molar refractivity (Wildman–Crippen MR) is 72.3 cm³/mol. The second-order valence-electron chi connectivity index (χ2n) is 4.14. The van der Waals surface area contributed by atoms with E-state index in [4.69, 9.17) is 5.11 Å². The molecule has 0 saturated carbocycles. The molecular formula is C13H12BrFN2O2. The number of carbonyl (C=O) groups is 1. The van der Waals surface area contributed by atoms with Crippen LogP contribution in [-0.4, -0.2) is 20.6 Å². The largest absolute Gasteiger partial charge is 0.481 e. The van der Waals surface area contributed by atoms with Crippen molar-refractivity contribution in [1.29, 1.82) is 0 Å². The summed E-state index contributed by atoms with van der Waals surface area (Å²) < 4.78 is 16.3. The summed E-state index contributed by atoms with van der Waals surface area (Å²) in [5.74, 6) is -0.592. The van der Waals surface area contributed by atoms with Crippen LogP contribution in [0.15, 0.2) is 28.9 Å². The highest BCUT2D eigenvalue weighted by atomic mass is 79.9. The quantitative estimate of drug-likeness (QED) is 0.939. The molecular weight excluding hydrogens is 315 g/mol. The molecule has 0 aliphatic heterocycles. The van der Waals surface area contributed by atoms with Gasteiger partial charge >= 0.3 is 5.97 Å². The summed E-state index contributed by atoms with van der Waals surface area (Å²) in [5.41, 5.74) is 1.06. The topological polar surface area (TPSA) is 55.1 Å². The summed E-state index contributed by atoms with van der Waals surface area (Å²) in [4.78, 5) is 14.7. The normalized spacial score (nSPS) is 10.7. The Morgan fingerprint density at radius 3 is 2.95 bits per heavy atom. The molecule has 0 bridgehead atoms. The van der Waals surface area contributed by atoms with E-state index in [-0.39, 0.29) is 12.2 Å². The molecule has 1 heterocycles. The molecule has 0 saturated heterocycles. The van der Waals surface area contributed by atoms with Crippen molar-refractivity contribution in [2.45, 2.75) is 12.8 Å². The first kappa shape index (κ1) is 13.7. The van der Waals surface area contributed by atoms with Gasteiger partial charge in [-0.15, -0.1) is 0 Å². The van der Waals surface area contributed by atoms with E-state index in [2.05, 4.69) is 20.9 Å². The second-order valence-corrected chi connectivity index (χ2v) is 5.05. The summed E-state index contributed by atoms with van der Waals surface area (Å²) in [7, 11) is 1.75. The minimum absolute atomic E-state index is 0.00522. The van der Waals surface area contributed by atoms with Crippen molar-refractivity contribution in [1.82, 2.24) is 9.55 Å². The molecule has 0 aliphatic carbocycles. The number of carboxylic acids is 1. The summed E-state index contributed by atoms with van der Waals surface area (Å²) >= 11 is 3.30. The third-order valence-electron chi connectivity index (χ3n) is 2.85. The Labute approximate surface area is 118 Å². The molecule has 2 aromatic rings. The number of aliphatic carboxylic acids is 1. The Morgan fingerprint density at radius 1 is 1.53 bits per heavy atom. The highest BCUT2D eigenvalue weighted by Crippen LogP contribution is 2.26. The zero-order valence-electron chi connectivity index (χ0n) is 10.2. The van der Waals surface area contributed by atoms with E-state index in [0.29, 0.717) is 23.5 Å². The standard InChI is InChI=1S/C13H12BrFN2O2/c1-17-11(7-16-12(17)4-5-13(18)19)9-6-8(14)2-3-10(9)15/h2-3,6-7H,4-5H2,1H3,(H,18,19). The molecule has 0 radical (unpaired) electrons. The molecule has 0 atom stereocenters. The third kappa shape index (κ3) is 3.01. The molecule has 19 heavy (non-hydrogen) atoms. The van der Waals surface area contributed by atoms with E-state index in [0.717, 1.165) is 4.47 Å². The Balaban J connectivity index is 2.36. The maximum absolute atomic E-state index is 13.8. The van der Waals surface area contributed by atoms with Crippen LogP contribution in [0.4, 0.5) is 4.39 Å². The van der Waals surface area contributed by atoms with Crippen LogP contribution in [0, 0.1) is 5.82 Å². The first-order chi connectivity index (χ1) is 8.99. The fraction of sp³-hybridized carbons (Fsp3) is 0.231. The van der Waals surface area contributed by atoms with E-state index in [9.17, 15) is 9.18 Å². The van der Waals surface area contributed by atoms with Gasteiger partial charge in [0.15, 0.2) is 0 Å². The Morgan fingerprint density at radius 2 is 2.26 bits per heavy atom. The van der Waals surface area contributed by atoms with Crippen molar-refractivity contribution in [2.24, 2.45) is 7.05 Å². The van der Waals surface area contributed by atoms with E-state index in [1.807, 2.05) is 0 Å². The van der Waals surface area contributed by atoms with Crippen LogP contribution >= 0.6 is 15.9 Å². The Kier molecular flexibility index (Phi) is 3.99. The van der Waals surface area contributed by atoms with Gasteiger partial charge < -0.3 is 9.67 Å². The highest BCUT2D eigenvalue weighted by molar-refractivity contribution is 9.10. The van der Waals surface area contributed by atoms with Crippen LogP contribution in [-0.2, 0) is 18.3 Å². The lowest BCUT2D eigenvalue weighted by Crippen LogP contribution is -2.04. The zero-order valence-corrected chi connectivity index (χ0v) is 11.8. The lowest BCUT2D eigenvalue weighted by molar-refractivity contribution is -0.137. The smallest absolute Gasteiger partial charge is 0.303 e. The lowest BCUT2D eigenvalue weighted by atomic mass is 10.1. The van der Waals surface area contributed by atoms with Gasteiger partial charge in [0.05, 0.1) is 18.3 Å². The minimum Gasteiger partial charge on any atom is -0.481 e. The van der Waals surface area contributed by atoms with Gasteiger partial charge in [-0.25, -0.2) is 9.37 Å². The fourth-order valence-corrected chi connectivity index (χ4v) is 2.20. The molecule has 6 heteroatoms. The van der Waals surface area contributed by atoms with Crippen molar-refractivity contribution in [3.05, 3.63) is 40.5 Å². The maximum Gasteiger partial charge on any atom is 0.303 e. The van der Waals surface area contributed by atoms with Crippen molar-refractivity contribution < 1.29 is 14.3 Å². The number of hydrogen-bond acceptors (Lipinski definition) is 2. The third-order valence-corrected chi connectivity index (χ3v) is 3.34. The predicted octanol–water partition coefficient (Wildman–Crippen LogP) is 3.01. The van der Waals surface area contributed by atoms with Crippen LogP contribution in [0.3, 0.4) is 0 Å². The van der Waals surface area contributed by atoms with E-state index in [1.54, 1.807) is 29.9 Å². The lowest BCUT2D eigenvalue weighted by Gasteiger charge is -2.07. The van der Waals surface area contributed by atoms with Gasteiger partial charge in [-0.3, -0.25) is 4.79 Å². The number of nitrogens with zero attached hydrogens (tertiary/aromatic N) is 2. The summed E-state index contributed by atoms with van der Waals surface area (Å²) in [6, 6.07) is 4.68. The van der Waals surface area contributed by atoms with Gasteiger partial charge in [0.2, 0.25) is 0 Å². The van der Waals surface area contributed by atoms with Crippen LogP contribution in [0.5, 0.6) is 0 Å². The van der Waals surface area contributed by atoms with Gasteiger partial charge in [-0.2, -0.15) is 0 Å². The van der Waals surface area contributed by atoms with Crippen molar-refractivity contribution in [3.8, 4) is 11.3 Å². The molecule has 1 N–H and O–H groups in total. The Hall–Kier alpha value is -1.69. The molecule has 0 unspecified atom stereocenters. The Bertz CT molecular complexity index is 625. The maximum atomic E-state index is 13.8. The second kappa shape index (κ2) is 5.52. The van der Waals surface area contributed by atoms with Crippen LogP contribution < -0.4 is 0 Å². The van der Waals surface area contributed by atoms with Crippen LogP contribution in [0.2, 0.25) is 0 Å². The molecule has 0 aliphatic rings. The number of carboxylic acid groups (broad SMARTS) is 1. The van der Waals surface area contributed by atoms with E-state index >= 15 is 0 Å². The fourth-order valence-electron chi connectivity index (χ4n) is 1.84. The number of halogens is 2. The van der Waals surface area contributed by atoms with Crippen molar-refractivity contribution in [3.63, 3.8) is 0 Å². The van der Waals surface area contributed by atoms with Crippen molar-refractivity contribution in [2.75, 3.05) is 0 Å². The zero-order chi connectivity index (χ0) is 14.0. The number of imidazole rings is 1. The average molecular weight is 327 g/mol. The van der Waals surface area contributed by atoms with E-state index in [1.165, 1.54) is 6.07 Å². The summed E-state index contributed by atoms with van der Waals surface area (Å²) in [6.07, 6.45) is 1.88. The summed E-state index contributed by atoms with van der Waals surface area (Å²) in [5, 5.41) is 8.67. The summed E-state index contributed by atoms with van der Waals surface area (Å²) in [6.45, 7) is 0. The number of aromatic nitrogens is 2. The molecule has 1 aromatic carbocycles. The monoisotopic (exact) mass is 326 g/mol. The SMILES string of the molecule is Cn1c(-c2cc(Br)ccc2F)cnc1CCC(=O)O. The van der Waals surface area contributed by atoms with Gasteiger partial charge in [0, 0.05) is 23.5 Å². The first-order valence-electron chi connectivity index (χ1n) is 5.67. The van der Waals surface area contributed by atoms with Crippen molar-refractivity contribution >= 4 is 21.9 Å². The molecule has 0 spiro atoms. The first-order valence-corrected chi connectivity index (χ1v) is 6.46. The average Bonchev–Trinajstić information content (AvgIpc) is 2.71. The van der Waals surface area contributed by atoms with E-state index < -0.39 is 5.97 Å². The minimum atomic E-state index is -0.877. The number of benzene rings is 1. The molecule has 2 rings (SSSR count). The van der Waals surface area contributed by atoms with Gasteiger partial charge in [-0.1, -0.05) is 15.9 Å². The molecule has 4 nitrogen and oxygen atoms in total. The van der Waals surface area contributed by atoms with Crippen LogP contribution in [0.25, 0.3) is 11.3 Å². The van der Waals surface area contributed by atoms with Gasteiger partial charge in [-0.05, 0) is 18.2 Å². The van der Waals surface area contributed by atoms with Gasteiger partial charge in [0.25, 0.3) is 0 Å². The molecule has 100 valence electrons. The molecule has 0 fully saturated rings. The number of aryl methyl sites for hydroxylation is 1. The molecule has 0 amide bonds.